The van der Waals surface area contributed by atoms with Crippen molar-refractivity contribution >= 4 is 11.2 Å². The molecular formula is C9H11N3O. The van der Waals surface area contributed by atoms with E-state index in [-0.39, 0.29) is 0 Å². The van der Waals surface area contributed by atoms with E-state index >= 15 is 0 Å². The molecule has 2 aromatic heterocycles. The summed E-state index contributed by atoms with van der Waals surface area (Å²) in [7, 11) is 1.60. The zero-order valence-electron chi connectivity index (χ0n) is 7.88. The number of nitrogens with one attached hydrogen (secondary N) is 1. The largest absolute Gasteiger partial charge is 0.481 e. The zero-order valence-corrected chi connectivity index (χ0v) is 7.88. The van der Waals surface area contributed by atoms with Gasteiger partial charge < -0.3 is 9.72 Å². The number of rotatable bonds is 1. The molecule has 2 aromatic rings. The third-order valence-electron chi connectivity index (χ3n) is 1.96. The highest BCUT2D eigenvalue weighted by Crippen LogP contribution is 2.18. The Morgan fingerprint density at radius 1 is 1.31 bits per heavy atom. The first-order valence-corrected chi connectivity index (χ1v) is 4.08. The van der Waals surface area contributed by atoms with Crippen molar-refractivity contribution < 1.29 is 4.74 Å². The van der Waals surface area contributed by atoms with E-state index in [1.165, 1.54) is 0 Å². The fourth-order valence-electron chi connectivity index (χ4n) is 1.33. The molecule has 0 saturated carbocycles. The Hall–Kier alpha value is -1.58. The number of aryl methyl sites for hydroxylation is 2. The third-order valence-corrected chi connectivity index (χ3v) is 1.96. The molecule has 1 N–H and O–H groups in total. The first-order chi connectivity index (χ1) is 6.20. The first-order valence-electron chi connectivity index (χ1n) is 4.08. The predicted molar refractivity (Wildman–Crippen MR) is 49.9 cm³/mol. The van der Waals surface area contributed by atoms with Crippen molar-refractivity contribution in [2.75, 3.05) is 7.11 Å². The van der Waals surface area contributed by atoms with E-state index in [1.54, 1.807) is 7.11 Å². The first kappa shape index (κ1) is 8.04. The summed E-state index contributed by atoms with van der Waals surface area (Å²) >= 11 is 0. The molecule has 0 atom stereocenters. The smallest absolute Gasteiger partial charge is 0.215 e. The summed E-state index contributed by atoms with van der Waals surface area (Å²) < 4.78 is 5.05. The standard InChI is InChI=1S/C9H11N3O/c1-5-4-7(13-3)12-9-8(5)10-6(2)11-9/h4H,1-3H3,(H,10,11,12). The van der Waals surface area contributed by atoms with Gasteiger partial charge in [0.25, 0.3) is 0 Å². The molecule has 0 bridgehead atoms. The predicted octanol–water partition coefficient (Wildman–Crippen LogP) is 1.58. The van der Waals surface area contributed by atoms with Gasteiger partial charge in [-0.15, -0.1) is 0 Å². The van der Waals surface area contributed by atoms with E-state index in [0.29, 0.717) is 11.5 Å². The summed E-state index contributed by atoms with van der Waals surface area (Å²) in [5.41, 5.74) is 2.80. The minimum atomic E-state index is 0.608. The molecule has 0 spiro atoms. The molecule has 13 heavy (non-hydrogen) atoms. The molecule has 68 valence electrons. The molecular weight excluding hydrogens is 166 g/mol. The van der Waals surface area contributed by atoms with Crippen LogP contribution in [0.2, 0.25) is 0 Å². The maximum absolute atomic E-state index is 5.05. The Bertz CT molecular complexity index is 447. The number of pyridine rings is 1. The van der Waals surface area contributed by atoms with Gasteiger partial charge in [-0.3, -0.25) is 0 Å². The van der Waals surface area contributed by atoms with Gasteiger partial charge >= 0.3 is 0 Å². The van der Waals surface area contributed by atoms with Crippen molar-refractivity contribution in [1.29, 1.82) is 0 Å². The Balaban J connectivity index is 2.75. The number of nitrogens with zero attached hydrogens (tertiary/aromatic N) is 2. The van der Waals surface area contributed by atoms with E-state index < -0.39 is 0 Å². The van der Waals surface area contributed by atoms with Crippen LogP contribution in [-0.4, -0.2) is 22.1 Å². The number of H-pyrrole nitrogens is 1. The van der Waals surface area contributed by atoms with Gasteiger partial charge in [0.2, 0.25) is 5.88 Å². The minimum Gasteiger partial charge on any atom is -0.481 e. The minimum absolute atomic E-state index is 0.608. The molecule has 4 nitrogen and oxygen atoms in total. The number of methoxy groups -OCH3 is 1. The van der Waals surface area contributed by atoms with Crippen molar-refractivity contribution in [1.82, 2.24) is 15.0 Å². The Morgan fingerprint density at radius 2 is 2.08 bits per heavy atom. The topological polar surface area (TPSA) is 50.8 Å². The number of imidazole rings is 1. The molecule has 0 aliphatic rings. The summed E-state index contributed by atoms with van der Waals surface area (Å²) in [5, 5.41) is 0. The SMILES string of the molecule is COc1cc(C)c2[nH]c(C)nc2n1. The quantitative estimate of drug-likeness (QED) is 0.719. The van der Waals surface area contributed by atoms with Crippen LogP contribution in [0.15, 0.2) is 6.07 Å². The Labute approximate surface area is 76.0 Å². The van der Waals surface area contributed by atoms with Crippen molar-refractivity contribution in [3.05, 3.63) is 17.5 Å². The van der Waals surface area contributed by atoms with Crippen LogP contribution >= 0.6 is 0 Å². The summed E-state index contributed by atoms with van der Waals surface area (Å²) in [6.07, 6.45) is 0. The van der Waals surface area contributed by atoms with E-state index in [2.05, 4.69) is 15.0 Å². The number of fused-ring (bicyclic) bond motifs is 1. The number of hydrogen-bond donors (Lipinski definition) is 1. The summed E-state index contributed by atoms with van der Waals surface area (Å²) in [5.74, 6) is 1.48. The molecule has 4 heteroatoms. The number of ether oxygens (including phenoxy) is 1. The number of aromatic nitrogens is 3. The molecule has 0 aromatic carbocycles. The lowest BCUT2D eigenvalue weighted by atomic mass is 10.3. The molecule has 0 unspecified atom stereocenters. The molecule has 0 amide bonds. The summed E-state index contributed by atoms with van der Waals surface area (Å²) in [6.45, 7) is 3.91. The Kier molecular flexibility index (Phi) is 1.69. The monoisotopic (exact) mass is 177 g/mol. The van der Waals surface area contributed by atoms with Gasteiger partial charge in [0, 0.05) is 6.07 Å². The highest BCUT2D eigenvalue weighted by Gasteiger charge is 2.05. The molecule has 0 aliphatic heterocycles. The lowest BCUT2D eigenvalue weighted by molar-refractivity contribution is 0.399. The van der Waals surface area contributed by atoms with Gasteiger partial charge in [0.15, 0.2) is 5.65 Å². The van der Waals surface area contributed by atoms with Crippen molar-refractivity contribution in [2.45, 2.75) is 13.8 Å². The van der Waals surface area contributed by atoms with Gasteiger partial charge in [-0.2, -0.15) is 4.98 Å². The second-order valence-corrected chi connectivity index (χ2v) is 3.00. The van der Waals surface area contributed by atoms with E-state index in [0.717, 1.165) is 16.9 Å². The van der Waals surface area contributed by atoms with Crippen LogP contribution in [0.4, 0.5) is 0 Å². The number of aromatic amines is 1. The van der Waals surface area contributed by atoms with Crippen molar-refractivity contribution in [2.24, 2.45) is 0 Å². The third kappa shape index (κ3) is 1.24. The second kappa shape index (κ2) is 2.73. The zero-order chi connectivity index (χ0) is 9.42. The van der Waals surface area contributed by atoms with Crippen molar-refractivity contribution in [3.8, 4) is 5.88 Å². The lowest BCUT2D eigenvalue weighted by Gasteiger charge is -1.99. The van der Waals surface area contributed by atoms with Crippen LogP contribution in [0.1, 0.15) is 11.4 Å². The van der Waals surface area contributed by atoms with Crippen molar-refractivity contribution in [3.63, 3.8) is 0 Å². The average molecular weight is 177 g/mol. The summed E-state index contributed by atoms with van der Waals surface area (Å²) in [6, 6.07) is 1.89. The van der Waals surface area contributed by atoms with Gasteiger partial charge in [-0.05, 0) is 19.4 Å². The molecule has 0 saturated heterocycles. The van der Waals surface area contributed by atoms with E-state index in [1.807, 2.05) is 19.9 Å². The van der Waals surface area contributed by atoms with Crippen LogP contribution in [-0.2, 0) is 0 Å². The second-order valence-electron chi connectivity index (χ2n) is 3.00. The average Bonchev–Trinajstić information content (AvgIpc) is 2.46. The molecule has 0 radical (unpaired) electrons. The van der Waals surface area contributed by atoms with Gasteiger partial charge in [-0.25, -0.2) is 4.98 Å². The molecule has 0 fully saturated rings. The lowest BCUT2D eigenvalue weighted by Crippen LogP contribution is -1.89. The van der Waals surface area contributed by atoms with Crippen LogP contribution in [0.3, 0.4) is 0 Å². The van der Waals surface area contributed by atoms with Gasteiger partial charge in [-0.1, -0.05) is 0 Å². The molecule has 2 heterocycles. The molecule has 0 aliphatic carbocycles. The molecule has 2 rings (SSSR count). The van der Waals surface area contributed by atoms with Crippen LogP contribution in [0.5, 0.6) is 5.88 Å². The maximum Gasteiger partial charge on any atom is 0.215 e. The fourth-order valence-corrected chi connectivity index (χ4v) is 1.33. The fraction of sp³-hybridized carbons (Fsp3) is 0.333. The van der Waals surface area contributed by atoms with Crippen LogP contribution < -0.4 is 4.74 Å². The Morgan fingerprint density at radius 3 is 2.77 bits per heavy atom. The van der Waals surface area contributed by atoms with Gasteiger partial charge in [0.1, 0.15) is 5.82 Å². The van der Waals surface area contributed by atoms with Gasteiger partial charge in [0.05, 0.1) is 12.6 Å². The summed E-state index contributed by atoms with van der Waals surface area (Å²) in [4.78, 5) is 11.6. The van der Waals surface area contributed by atoms with E-state index in [9.17, 15) is 0 Å². The van der Waals surface area contributed by atoms with Crippen LogP contribution in [0, 0.1) is 13.8 Å². The highest BCUT2D eigenvalue weighted by atomic mass is 16.5. The highest BCUT2D eigenvalue weighted by molar-refractivity contribution is 5.75. The maximum atomic E-state index is 5.05. The van der Waals surface area contributed by atoms with Crippen LogP contribution in [0.25, 0.3) is 11.2 Å². The van der Waals surface area contributed by atoms with E-state index in [4.69, 9.17) is 4.74 Å². The normalized spacial score (nSPS) is 10.7. The number of hydrogen-bond acceptors (Lipinski definition) is 3.